The molecule has 0 heterocycles. The molecular weight excluding hydrogens is 284 g/mol. The molecule has 5 atom stereocenters. The van der Waals surface area contributed by atoms with Crippen LogP contribution in [0.15, 0.2) is 0 Å². The number of carbonyl (C=O) groups excluding carboxylic acids is 1. The molecule has 3 rings (SSSR count). The highest BCUT2D eigenvalue weighted by atomic mass is 16.6. The maximum Gasteiger partial charge on any atom is 0.312 e. The van der Waals surface area contributed by atoms with Crippen molar-refractivity contribution < 1.29 is 9.53 Å². The molecule has 2 nitrogen and oxygen atoms in total. The maximum atomic E-state index is 12.7. The number of rotatable bonds is 3. The van der Waals surface area contributed by atoms with Crippen molar-refractivity contribution in [3.63, 3.8) is 0 Å². The van der Waals surface area contributed by atoms with Crippen LogP contribution in [0.3, 0.4) is 0 Å². The van der Waals surface area contributed by atoms with E-state index in [1.54, 1.807) is 0 Å². The van der Waals surface area contributed by atoms with Gasteiger partial charge < -0.3 is 4.74 Å². The van der Waals surface area contributed by atoms with Crippen LogP contribution in [0.5, 0.6) is 0 Å². The van der Waals surface area contributed by atoms with Crippen molar-refractivity contribution in [3.8, 4) is 0 Å². The predicted molar refractivity (Wildman–Crippen MR) is 94.0 cm³/mol. The van der Waals surface area contributed by atoms with Gasteiger partial charge in [0.25, 0.3) is 0 Å². The summed E-state index contributed by atoms with van der Waals surface area (Å²) in [6.45, 7) is 15.7. The van der Waals surface area contributed by atoms with Crippen molar-refractivity contribution in [1.82, 2.24) is 0 Å². The molecule has 132 valence electrons. The highest BCUT2D eigenvalue weighted by molar-refractivity contribution is 5.76. The second kappa shape index (κ2) is 4.99. The van der Waals surface area contributed by atoms with E-state index in [0.717, 1.165) is 24.7 Å². The zero-order valence-electron chi connectivity index (χ0n) is 16.3. The zero-order chi connectivity index (χ0) is 17.3. The molecule has 0 aromatic rings. The topological polar surface area (TPSA) is 26.3 Å². The quantitative estimate of drug-likeness (QED) is 0.633. The van der Waals surface area contributed by atoms with E-state index in [-0.39, 0.29) is 22.4 Å². The number of ether oxygens (including phenoxy) is 1. The molecule has 3 aliphatic carbocycles. The number of esters is 1. The Morgan fingerprint density at radius 1 is 1.13 bits per heavy atom. The van der Waals surface area contributed by atoms with E-state index < -0.39 is 0 Å². The Morgan fingerprint density at radius 2 is 1.78 bits per heavy atom. The van der Waals surface area contributed by atoms with E-state index in [2.05, 4.69) is 34.6 Å². The van der Waals surface area contributed by atoms with Gasteiger partial charge in [0.1, 0.15) is 5.60 Å². The standard InChI is InChI=1S/C21H36O2/c1-8-18(3,4)17(22)23-20(7)11-12-21-13-16(20)19(5,6)15(21)10-9-14(21)2/h14-16H,8-13H2,1-7H3/t14?,15?,16-,20+,21-/m0/s1. The van der Waals surface area contributed by atoms with Gasteiger partial charge in [0.2, 0.25) is 0 Å². The van der Waals surface area contributed by atoms with Gasteiger partial charge in [-0.3, -0.25) is 4.79 Å². The molecule has 0 amide bonds. The third kappa shape index (κ3) is 2.23. The van der Waals surface area contributed by atoms with Crippen LogP contribution in [0.25, 0.3) is 0 Å². The molecule has 0 saturated heterocycles. The average molecular weight is 321 g/mol. The maximum absolute atomic E-state index is 12.7. The summed E-state index contributed by atoms with van der Waals surface area (Å²) in [6.07, 6.45) is 7.15. The zero-order valence-corrected chi connectivity index (χ0v) is 16.3. The Bertz CT molecular complexity index is 506. The summed E-state index contributed by atoms with van der Waals surface area (Å²) in [5.74, 6) is 2.16. The molecule has 0 radical (unpaired) electrons. The molecule has 2 bridgehead atoms. The summed E-state index contributed by atoms with van der Waals surface area (Å²) in [4.78, 5) is 12.7. The first-order chi connectivity index (χ1) is 10.5. The van der Waals surface area contributed by atoms with Gasteiger partial charge in [0, 0.05) is 5.92 Å². The van der Waals surface area contributed by atoms with Crippen molar-refractivity contribution in [3.05, 3.63) is 0 Å². The van der Waals surface area contributed by atoms with Gasteiger partial charge in [-0.25, -0.2) is 0 Å². The lowest BCUT2D eigenvalue weighted by Gasteiger charge is -2.47. The van der Waals surface area contributed by atoms with Gasteiger partial charge in [-0.05, 0) is 82.0 Å². The first-order valence-electron chi connectivity index (χ1n) is 9.73. The van der Waals surface area contributed by atoms with Gasteiger partial charge in [-0.2, -0.15) is 0 Å². The number of carbonyl (C=O) groups is 1. The van der Waals surface area contributed by atoms with Crippen molar-refractivity contribution in [1.29, 1.82) is 0 Å². The van der Waals surface area contributed by atoms with Crippen LogP contribution in [-0.4, -0.2) is 11.6 Å². The van der Waals surface area contributed by atoms with Crippen LogP contribution >= 0.6 is 0 Å². The summed E-state index contributed by atoms with van der Waals surface area (Å²) >= 11 is 0. The minimum atomic E-state index is -0.371. The lowest BCUT2D eigenvalue weighted by Crippen LogP contribution is -2.49. The van der Waals surface area contributed by atoms with Gasteiger partial charge in [-0.1, -0.05) is 27.7 Å². The van der Waals surface area contributed by atoms with E-state index in [0.29, 0.717) is 11.3 Å². The number of fused-ring (bicyclic) bond motifs is 1. The van der Waals surface area contributed by atoms with E-state index in [9.17, 15) is 4.79 Å². The Hall–Kier alpha value is -0.530. The fourth-order valence-corrected chi connectivity index (χ4v) is 6.47. The third-order valence-electron chi connectivity index (χ3n) is 8.53. The molecule has 0 aromatic carbocycles. The van der Waals surface area contributed by atoms with Gasteiger partial charge in [0.15, 0.2) is 0 Å². The first-order valence-corrected chi connectivity index (χ1v) is 9.73. The molecule has 23 heavy (non-hydrogen) atoms. The van der Waals surface area contributed by atoms with Crippen LogP contribution in [-0.2, 0) is 9.53 Å². The average Bonchev–Trinajstić information content (AvgIpc) is 2.89. The fraction of sp³-hybridized carbons (Fsp3) is 0.952. The second-order valence-electron chi connectivity index (χ2n) is 10.3. The van der Waals surface area contributed by atoms with E-state index in [1.807, 2.05) is 13.8 Å². The van der Waals surface area contributed by atoms with Gasteiger partial charge in [0.05, 0.1) is 5.41 Å². The summed E-state index contributed by atoms with van der Waals surface area (Å²) in [7, 11) is 0. The third-order valence-corrected chi connectivity index (χ3v) is 8.53. The SMILES string of the molecule is CCC(C)(C)C(=O)O[C@]1(C)CC[C@@]23C[C@H]1C(C)(C)C2CCC3C. The normalized spacial score (nSPS) is 44.9. The van der Waals surface area contributed by atoms with E-state index >= 15 is 0 Å². The molecule has 3 saturated carbocycles. The van der Waals surface area contributed by atoms with E-state index in [4.69, 9.17) is 4.74 Å². The van der Waals surface area contributed by atoms with Crippen molar-refractivity contribution in [2.24, 2.45) is 34.0 Å². The Labute approximate surface area is 142 Å². The molecule has 3 fully saturated rings. The van der Waals surface area contributed by atoms with Crippen molar-refractivity contribution >= 4 is 5.97 Å². The molecule has 0 aliphatic heterocycles. The molecular formula is C21H36O2. The first kappa shape index (κ1) is 17.3. The predicted octanol–water partition coefficient (Wildman–Crippen LogP) is 5.60. The number of hydrogen-bond acceptors (Lipinski definition) is 2. The Kier molecular flexibility index (Phi) is 3.75. The van der Waals surface area contributed by atoms with Gasteiger partial charge in [-0.15, -0.1) is 0 Å². The molecule has 2 heteroatoms. The summed E-state index contributed by atoms with van der Waals surface area (Å²) in [5, 5.41) is 0. The fourth-order valence-electron chi connectivity index (χ4n) is 6.47. The molecule has 3 aliphatic rings. The molecule has 1 spiro atoms. The van der Waals surface area contributed by atoms with Crippen LogP contribution < -0.4 is 0 Å². The lowest BCUT2D eigenvalue weighted by molar-refractivity contribution is -0.184. The van der Waals surface area contributed by atoms with Crippen LogP contribution in [0.4, 0.5) is 0 Å². The van der Waals surface area contributed by atoms with Gasteiger partial charge >= 0.3 is 5.97 Å². The Balaban J connectivity index is 1.89. The minimum Gasteiger partial charge on any atom is -0.459 e. The monoisotopic (exact) mass is 320 g/mol. The highest BCUT2D eigenvalue weighted by Crippen LogP contribution is 2.73. The molecule has 0 aromatic heterocycles. The highest BCUT2D eigenvalue weighted by Gasteiger charge is 2.69. The van der Waals surface area contributed by atoms with Crippen molar-refractivity contribution in [2.75, 3.05) is 0 Å². The molecule has 2 unspecified atom stereocenters. The van der Waals surface area contributed by atoms with Crippen LogP contribution in [0, 0.1) is 34.0 Å². The van der Waals surface area contributed by atoms with Crippen LogP contribution in [0.1, 0.15) is 87.0 Å². The smallest absolute Gasteiger partial charge is 0.312 e. The summed E-state index contributed by atoms with van der Waals surface area (Å²) in [6, 6.07) is 0. The minimum absolute atomic E-state index is 0.000595. The second-order valence-corrected chi connectivity index (χ2v) is 10.3. The summed E-state index contributed by atoms with van der Waals surface area (Å²) in [5.41, 5.74) is 0.166. The molecule has 0 N–H and O–H groups in total. The Morgan fingerprint density at radius 3 is 2.39 bits per heavy atom. The largest absolute Gasteiger partial charge is 0.459 e. The van der Waals surface area contributed by atoms with Crippen molar-refractivity contribution in [2.45, 2.75) is 92.6 Å². The number of hydrogen-bond donors (Lipinski definition) is 0. The summed E-state index contributed by atoms with van der Waals surface area (Å²) < 4.78 is 6.26. The van der Waals surface area contributed by atoms with Crippen LogP contribution in [0.2, 0.25) is 0 Å². The van der Waals surface area contributed by atoms with E-state index in [1.165, 1.54) is 25.7 Å². The lowest BCUT2D eigenvalue weighted by atomic mass is 9.64.